The first-order chi connectivity index (χ1) is 5.69. The summed E-state index contributed by atoms with van der Waals surface area (Å²) in [6.07, 6.45) is 5.08. The lowest BCUT2D eigenvalue weighted by atomic mass is 9.76. The molecule has 0 aromatic carbocycles. The van der Waals surface area contributed by atoms with Gasteiger partial charge in [-0.05, 0) is 24.7 Å². The van der Waals surface area contributed by atoms with Crippen molar-refractivity contribution in [2.45, 2.75) is 50.0 Å². The summed E-state index contributed by atoms with van der Waals surface area (Å²) < 4.78 is 0. The monoisotopic (exact) mass is 204 g/mol. The molecular weight excluding hydrogens is 184 g/mol. The van der Waals surface area contributed by atoms with E-state index in [1.807, 2.05) is 0 Å². The van der Waals surface area contributed by atoms with Gasteiger partial charge in [0.25, 0.3) is 0 Å². The van der Waals surface area contributed by atoms with Crippen LogP contribution in [0.25, 0.3) is 0 Å². The summed E-state index contributed by atoms with van der Waals surface area (Å²) >= 11 is 9.22. The van der Waals surface area contributed by atoms with Crippen molar-refractivity contribution < 1.29 is 0 Å². The zero-order valence-corrected chi connectivity index (χ0v) is 9.82. The first kappa shape index (κ1) is 10.8. The molecule has 0 amide bonds. The van der Waals surface area contributed by atoms with Crippen LogP contribution < -0.4 is 0 Å². The van der Waals surface area contributed by atoms with Gasteiger partial charge in [0.05, 0.1) is 0 Å². The lowest BCUT2D eigenvalue weighted by Crippen LogP contribution is -2.33. The molecule has 4 atom stereocenters. The van der Waals surface area contributed by atoms with E-state index in [4.69, 9.17) is 0 Å². The highest BCUT2D eigenvalue weighted by atomic mass is 32.1. The van der Waals surface area contributed by atoms with Crippen molar-refractivity contribution in [3.63, 3.8) is 0 Å². The summed E-state index contributed by atoms with van der Waals surface area (Å²) in [4.78, 5) is 0. The van der Waals surface area contributed by atoms with E-state index in [1.54, 1.807) is 0 Å². The summed E-state index contributed by atoms with van der Waals surface area (Å²) in [6, 6.07) is 0. The molecule has 0 heterocycles. The van der Waals surface area contributed by atoms with Crippen LogP contribution in [0.4, 0.5) is 0 Å². The third-order valence-electron chi connectivity index (χ3n) is 3.18. The van der Waals surface area contributed by atoms with Crippen molar-refractivity contribution in [1.82, 2.24) is 0 Å². The molecule has 0 radical (unpaired) electrons. The van der Waals surface area contributed by atoms with Crippen molar-refractivity contribution in [2.75, 3.05) is 0 Å². The summed E-state index contributed by atoms with van der Waals surface area (Å²) in [5.41, 5.74) is 0. The van der Waals surface area contributed by atoms with Gasteiger partial charge in [0.2, 0.25) is 0 Å². The molecule has 72 valence electrons. The third kappa shape index (κ3) is 2.35. The fourth-order valence-electron chi connectivity index (χ4n) is 2.46. The number of rotatable bonds is 2. The Hall–Kier alpha value is 0.700. The van der Waals surface area contributed by atoms with Gasteiger partial charge in [0, 0.05) is 10.5 Å². The zero-order valence-electron chi connectivity index (χ0n) is 8.03. The van der Waals surface area contributed by atoms with E-state index in [9.17, 15) is 0 Å². The molecule has 0 aromatic heterocycles. The van der Waals surface area contributed by atoms with Gasteiger partial charge >= 0.3 is 0 Å². The summed E-state index contributed by atoms with van der Waals surface area (Å²) in [5, 5.41) is 1.19. The minimum atomic E-state index is 0.594. The SMILES string of the molecule is CCC1CC(S)CC(S)C1CC. The van der Waals surface area contributed by atoms with Crippen molar-refractivity contribution in [1.29, 1.82) is 0 Å². The van der Waals surface area contributed by atoms with Crippen LogP contribution in [-0.4, -0.2) is 10.5 Å². The molecule has 0 aliphatic heterocycles. The topological polar surface area (TPSA) is 0 Å². The van der Waals surface area contributed by atoms with Gasteiger partial charge in [-0.2, -0.15) is 25.3 Å². The van der Waals surface area contributed by atoms with E-state index in [2.05, 4.69) is 39.1 Å². The highest BCUT2D eigenvalue weighted by Gasteiger charge is 2.32. The van der Waals surface area contributed by atoms with Crippen LogP contribution in [0.1, 0.15) is 39.5 Å². The lowest BCUT2D eigenvalue weighted by molar-refractivity contribution is 0.239. The number of hydrogen-bond donors (Lipinski definition) is 2. The number of hydrogen-bond acceptors (Lipinski definition) is 2. The van der Waals surface area contributed by atoms with E-state index < -0.39 is 0 Å². The molecule has 12 heavy (non-hydrogen) atoms. The summed E-state index contributed by atoms with van der Waals surface area (Å²) in [5.74, 6) is 1.70. The van der Waals surface area contributed by atoms with Gasteiger partial charge in [-0.25, -0.2) is 0 Å². The van der Waals surface area contributed by atoms with E-state index in [-0.39, 0.29) is 0 Å². The van der Waals surface area contributed by atoms with Gasteiger partial charge in [-0.1, -0.05) is 26.7 Å². The predicted molar refractivity (Wildman–Crippen MR) is 62.3 cm³/mol. The van der Waals surface area contributed by atoms with Crippen LogP contribution in [0.3, 0.4) is 0 Å². The first-order valence-electron chi connectivity index (χ1n) is 5.05. The van der Waals surface area contributed by atoms with Crippen molar-refractivity contribution in [3.05, 3.63) is 0 Å². The second-order valence-electron chi connectivity index (χ2n) is 3.93. The minimum Gasteiger partial charge on any atom is -0.176 e. The highest BCUT2D eigenvalue weighted by molar-refractivity contribution is 7.82. The fourth-order valence-corrected chi connectivity index (χ4v) is 3.84. The van der Waals surface area contributed by atoms with Gasteiger partial charge in [0.1, 0.15) is 0 Å². The normalized spacial score (nSPS) is 43.0. The van der Waals surface area contributed by atoms with Crippen molar-refractivity contribution in [3.8, 4) is 0 Å². The molecule has 0 N–H and O–H groups in total. The van der Waals surface area contributed by atoms with Crippen LogP contribution in [-0.2, 0) is 0 Å². The average molecular weight is 204 g/mol. The first-order valence-corrected chi connectivity index (χ1v) is 6.08. The highest BCUT2D eigenvalue weighted by Crippen LogP contribution is 2.39. The van der Waals surface area contributed by atoms with Gasteiger partial charge < -0.3 is 0 Å². The molecule has 1 aliphatic rings. The Labute approximate surface area is 87.3 Å². The quantitative estimate of drug-likeness (QED) is 0.633. The molecule has 2 heteroatoms. The molecule has 0 bridgehead atoms. The maximum Gasteiger partial charge on any atom is 0.00580 e. The molecular formula is C10H20S2. The van der Waals surface area contributed by atoms with E-state index in [0.717, 1.165) is 11.8 Å². The van der Waals surface area contributed by atoms with E-state index >= 15 is 0 Å². The summed E-state index contributed by atoms with van der Waals surface area (Å²) in [6.45, 7) is 4.58. The minimum absolute atomic E-state index is 0.594. The Morgan fingerprint density at radius 2 is 1.75 bits per heavy atom. The fraction of sp³-hybridized carbons (Fsp3) is 1.00. The van der Waals surface area contributed by atoms with Crippen LogP contribution >= 0.6 is 25.3 Å². The van der Waals surface area contributed by atoms with Crippen molar-refractivity contribution >= 4 is 25.3 Å². The second-order valence-corrected chi connectivity index (χ2v) is 5.33. The molecule has 1 saturated carbocycles. The maximum atomic E-state index is 4.66. The molecule has 0 nitrogen and oxygen atoms in total. The Kier molecular flexibility index (Phi) is 4.31. The predicted octanol–water partition coefficient (Wildman–Crippen LogP) is 3.43. The third-order valence-corrected chi connectivity index (χ3v) is 4.20. The molecule has 1 aliphatic carbocycles. The van der Waals surface area contributed by atoms with Gasteiger partial charge in [-0.3, -0.25) is 0 Å². The Morgan fingerprint density at radius 1 is 1.08 bits per heavy atom. The smallest absolute Gasteiger partial charge is 0.00580 e. The molecule has 1 fully saturated rings. The van der Waals surface area contributed by atoms with E-state index in [0.29, 0.717) is 10.5 Å². The lowest BCUT2D eigenvalue weighted by Gasteiger charge is -2.37. The zero-order chi connectivity index (χ0) is 9.14. The Bertz CT molecular complexity index is 136. The molecule has 4 unspecified atom stereocenters. The maximum absolute atomic E-state index is 4.66. The molecule has 0 aromatic rings. The van der Waals surface area contributed by atoms with E-state index in [1.165, 1.54) is 25.7 Å². The largest absolute Gasteiger partial charge is 0.176 e. The Morgan fingerprint density at radius 3 is 2.25 bits per heavy atom. The van der Waals surface area contributed by atoms with Crippen LogP contribution in [0.2, 0.25) is 0 Å². The number of thiol groups is 2. The average Bonchev–Trinajstić information content (AvgIpc) is 2.03. The standard InChI is InChI=1S/C10H20S2/c1-3-7-5-8(11)6-10(12)9(7)4-2/h7-12H,3-6H2,1-2H3. The van der Waals surface area contributed by atoms with Crippen LogP contribution in [0.15, 0.2) is 0 Å². The Balaban J connectivity index is 2.56. The molecule has 0 spiro atoms. The van der Waals surface area contributed by atoms with Crippen molar-refractivity contribution in [2.24, 2.45) is 11.8 Å². The molecule has 1 rings (SSSR count). The summed E-state index contributed by atoms with van der Waals surface area (Å²) in [7, 11) is 0. The van der Waals surface area contributed by atoms with Crippen LogP contribution in [0, 0.1) is 11.8 Å². The van der Waals surface area contributed by atoms with Gasteiger partial charge in [-0.15, -0.1) is 0 Å². The van der Waals surface area contributed by atoms with Gasteiger partial charge in [0.15, 0.2) is 0 Å². The van der Waals surface area contributed by atoms with Crippen LogP contribution in [0.5, 0.6) is 0 Å². The second kappa shape index (κ2) is 4.80. The molecule has 0 saturated heterocycles.